The van der Waals surface area contributed by atoms with Gasteiger partial charge in [-0.3, -0.25) is 4.79 Å². The van der Waals surface area contributed by atoms with Gasteiger partial charge in [0.2, 0.25) is 0 Å². The number of nitrogens with two attached hydrogens (primary N) is 1. The highest BCUT2D eigenvalue weighted by Crippen LogP contribution is 2.11. The van der Waals surface area contributed by atoms with Crippen LogP contribution in [-0.4, -0.2) is 25.9 Å². The summed E-state index contributed by atoms with van der Waals surface area (Å²) < 4.78 is 1.75. The lowest BCUT2D eigenvalue weighted by Gasteiger charge is -2.03. The van der Waals surface area contributed by atoms with Gasteiger partial charge in [0.05, 0.1) is 5.69 Å². The first-order valence-electron chi connectivity index (χ1n) is 5.87. The number of aromatic nitrogens is 4. The number of nitrogens with zero attached hydrogens (tertiary/aromatic N) is 4. The molecule has 2 aromatic rings. The van der Waals surface area contributed by atoms with Gasteiger partial charge in [0, 0.05) is 5.69 Å². The van der Waals surface area contributed by atoms with E-state index in [0.29, 0.717) is 5.82 Å². The van der Waals surface area contributed by atoms with Gasteiger partial charge in [-0.2, -0.15) is 5.10 Å². The second-order valence-electron chi connectivity index (χ2n) is 3.89. The quantitative estimate of drug-likeness (QED) is 0.866. The SMILES string of the molecule is CCc1cc(CC)n(-c2ccc(C(N)=O)nn2)n1. The van der Waals surface area contributed by atoms with Crippen molar-refractivity contribution in [2.45, 2.75) is 26.7 Å². The Labute approximate surface area is 105 Å². The summed E-state index contributed by atoms with van der Waals surface area (Å²) >= 11 is 0. The average Bonchev–Trinajstić information content (AvgIpc) is 2.82. The fraction of sp³-hybridized carbons (Fsp3) is 0.333. The second-order valence-corrected chi connectivity index (χ2v) is 3.89. The third kappa shape index (κ3) is 2.22. The molecule has 0 atom stereocenters. The molecule has 0 radical (unpaired) electrons. The fourth-order valence-corrected chi connectivity index (χ4v) is 1.67. The molecular weight excluding hydrogens is 230 g/mol. The topological polar surface area (TPSA) is 86.7 Å². The molecule has 0 saturated heterocycles. The Bertz CT molecular complexity index is 558. The summed E-state index contributed by atoms with van der Waals surface area (Å²) in [5.74, 6) is 0.0102. The number of amides is 1. The first-order valence-corrected chi connectivity index (χ1v) is 5.87. The molecule has 0 saturated carbocycles. The van der Waals surface area contributed by atoms with Crippen molar-refractivity contribution >= 4 is 5.91 Å². The predicted molar refractivity (Wildman–Crippen MR) is 66.4 cm³/mol. The molecule has 0 bridgehead atoms. The second kappa shape index (κ2) is 4.95. The van der Waals surface area contributed by atoms with Gasteiger partial charge in [-0.05, 0) is 31.0 Å². The van der Waals surface area contributed by atoms with Gasteiger partial charge in [0.25, 0.3) is 5.91 Å². The Morgan fingerprint density at radius 3 is 2.56 bits per heavy atom. The third-order valence-electron chi connectivity index (χ3n) is 2.68. The van der Waals surface area contributed by atoms with E-state index in [1.807, 2.05) is 13.0 Å². The fourth-order valence-electron chi connectivity index (χ4n) is 1.67. The molecule has 0 aliphatic heterocycles. The van der Waals surface area contributed by atoms with Crippen LogP contribution in [0.4, 0.5) is 0 Å². The van der Waals surface area contributed by atoms with Crippen LogP contribution >= 0.6 is 0 Å². The number of rotatable bonds is 4. The minimum absolute atomic E-state index is 0.152. The summed E-state index contributed by atoms with van der Waals surface area (Å²) in [7, 11) is 0. The molecule has 6 nitrogen and oxygen atoms in total. The van der Waals surface area contributed by atoms with Crippen LogP contribution in [0.3, 0.4) is 0 Å². The lowest BCUT2D eigenvalue weighted by atomic mass is 10.2. The number of hydrogen-bond donors (Lipinski definition) is 1. The van der Waals surface area contributed by atoms with Gasteiger partial charge in [-0.15, -0.1) is 10.2 Å². The largest absolute Gasteiger partial charge is 0.364 e. The molecule has 2 rings (SSSR count). The normalized spacial score (nSPS) is 10.6. The van der Waals surface area contributed by atoms with E-state index in [-0.39, 0.29) is 5.69 Å². The Hall–Kier alpha value is -2.24. The summed E-state index contributed by atoms with van der Waals surface area (Å²) in [6, 6.07) is 5.29. The Balaban J connectivity index is 2.41. The van der Waals surface area contributed by atoms with E-state index in [1.165, 1.54) is 0 Å². The molecule has 0 aliphatic carbocycles. The third-order valence-corrected chi connectivity index (χ3v) is 2.68. The van der Waals surface area contributed by atoms with Gasteiger partial charge >= 0.3 is 0 Å². The van der Waals surface area contributed by atoms with Crippen LogP contribution in [-0.2, 0) is 12.8 Å². The van der Waals surface area contributed by atoms with Crippen LogP contribution in [0.2, 0.25) is 0 Å². The van der Waals surface area contributed by atoms with Crippen molar-refractivity contribution in [2.24, 2.45) is 5.73 Å². The van der Waals surface area contributed by atoms with Crippen molar-refractivity contribution in [3.63, 3.8) is 0 Å². The summed E-state index contributed by atoms with van der Waals surface area (Å²) in [6.07, 6.45) is 1.72. The molecule has 0 aliphatic rings. The standard InChI is InChI=1S/C12H15N5O/c1-3-8-7-9(4-2)17(16-8)11-6-5-10(12(13)18)14-15-11/h5-7H,3-4H2,1-2H3,(H2,13,18). The van der Waals surface area contributed by atoms with Gasteiger partial charge in [0.15, 0.2) is 11.5 Å². The predicted octanol–water partition coefficient (Wildman–Crippen LogP) is 0.886. The Kier molecular flexibility index (Phi) is 3.36. The van der Waals surface area contributed by atoms with Crippen LogP contribution < -0.4 is 5.73 Å². The summed E-state index contributed by atoms with van der Waals surface area (Å²) in [5.41, 5.74) is 7.34. The molecule has 2 aromatic heterocycles. The van der Waals surface area contributed by atoms with Crippen LogP contribution in [0.25, 0.3) is 5.82 Å². The minimum Gasteiger partial charge on any atom is -0.364 e. The van der Waals surface area contributed by atoms with Gasteiger partial charge in [-0.25, -0.2) is 4.68 Å². The van der Waals surface area contributed by atoms with E-state index >= 15 is 0 Å². The lowest BCUT2D eigenvalue weighted by Crippen LogP contribution is -2.15. The van der Waals surface area contributed by atoms with Crippen LogP contribution in [0.5, 0.6) is 0 Å². The van der Waals surface area contributed by atoms with E-state index in [2.05, 4.69) is 22.2 Å². The molecular formula is C12H15N5O. The van der Waals surface area contributed by atoms with Gasteiger partial charge < -0.3 is 5.73 Å². The van der Waals surface area contributed by atoms with Crippen molar-refractivity contribution in [3.05, 3.63) is 35.3 Å². The number of carbonyl (C=O) groups is 1. The molecule has 2 heterocycles. The molecule has 0 aromatic carbocycles. The lowest BCUT2D eigenvalue weighted by molar-refractivity contribution is 0.0994. The Morgan fingerprint density at radius 2 is 2.06 bits per heavy atom. The van der Waals surface area contributed by atoms with E-state index in [1.54, 1.807) is 16.8 Å². The molecule has 0 unspecified atom stereocenters. The summed E-state index contributed by atoms with van der Waals surface area (Å²) in [6.45, 7) is 4.10. The first kappa shape index (κ1) is 12.2. The maximum absolute atomic E-state index is 10.9. The molecule has 18 heavy (non-hydrogen) atoms. The molecule has 0 spiro atoms. The van der Waals surface area contributed by atoms with Gasteiger partial charge in [0.1, 0.15) is 0 Å². The molecule has 0 fully saturated rings. The van der Waals surface area contributed by atoms with Crippen LogP contribution in [0, 0.1) is 0 Å². The number of primary amides is 1. The maximum Gasteiger partial charge on any atom is 0.269 e. The molecule has 2 N–H and O–H groups in total. The summed E-state index contributed by atoms with van der Waals surface area (Å²) in [4.78, 5) is 10.9. The Morgan fingerprint density at radius 1 is 1.28 bits per heavy atom. The van der Waals surface area contributed by atoms with Crippen molar-refractivity contribution in [3.8, 4) is 5.82 Å². The zero-order chi connectivity index (χ0) is 13.1. The highest BCUT2D eigenvalue weighted by molar-refractivity contribution is 5.90. The van der Waals surface area contributed by atoms with Crippen molar-refractivity contribution in [1.82, 2.24) is 20.0 Å². The highest BCUT2D eigenvalue weighted by Gasteiger charge is 2.10. The van der Waals surface area contributed by atoms with E-state index in [4.69, 9.17) is 5.73 Å². The van der Waals surface area contributed by atoms with Crippen LogP contribution in [0.1, 0.15) is 35.7 Å². The zero-order valence-electron chi connectivity index (χ0n) is 10.4. The zero-order valence-corrected chi connectivity index (χ0v) is 10.4. The van der Waals surface area contributed by atoms with E-state index in [9.17, 15) is 4.79 Å². The van der Waals surface area contributed by atoms with Crippen molar-refractivity contribution < 1.29 is 4.79 Å². The van der Waals surface area contributed by atoms with Crippen molar-refractivity contribution in [2.75, 3.05) is 0 Å². The van der Waals surface area contributed by atoms with E-state index in [0.717, 1.165) is 24.2 Å². The maximum atomic E-state index is 10.9. The number of hydrogen-bond acceptors (Lipinski definition) is 4. The molecule has 6 heteroatoms. The summed E-state index contributed by atoms with van der Waals surface area (Å²) in [5, 5.41) is 12.2. The van der Waals surface area contributed by atoms with Crippen LogP contribution in [0.15, 0.2) is 18.2 Å². The highest BCUT2D eigenvalue weighted by atomic mass is 16.1. The van der Waals surface area contributed by atoms with E-state index < -0.39 is 5.91 Å². The van der Waals surface area contributed by atoms with Gasteiger partial charge in [-0.1, -0.05) is 13.8 Å². The molecule has 1 amide bonds. The first-order chi connectivity index (χ1) is 8.65. The monoisotopic (exact) mass is 245 g/mol. The molecule has 94 valence electrons. The minimum atomic E-state index is -0.584. The average molecular weight is 245 g/mol. The van der Waals surface area contributed by atoms with Crippen molar-refractivity contribution in [1.29, 1.82) is 0 Å². The number of aryl methyl sites for hydroxylation is 2. The smallest absolute Gasteiger partial charge is 0.269 e. The number of carbonyl (C=O) groups excluding carboxylic acids is 1.